The highest BCUT2D eigenvalue weighted by Gasteiger charge is 2.33. The fourth-order valence-electron chi connectivity index (χ4n) is 3.10. The van der Waals surface area contributed by atoms with Gasteiger partial charge in [0, 0.05) is 37.8 Å². The minimum Gasteiger partial charge on any atom is -0.493 e. The van der Waals surface area contributed by atoms with E-state index in [-0.39, 0.29) is 6.04 Å². The van der Waals surface area contributed by atoms with Crippen molar-refractivity contribution in [1.82, 2.24) is 10.2 Å². The highest BCUT2D eigenvalue weighted by atomic mass is 19.4. The maximum Gasteiger partial charge on any atom is 0.416 e. The van der Waals surface area contributed by atoms with E-state index in [1.807, 2.05) is 0 Å². The molecule has 0 saturated carbocycles. The second-order valence-electron chi connectivity index (χ2n) is 5.54. The predicted molar refractivity (Wildman–Crippen MR) is 73.4 cm³/mol. The summed E-state index contributed by atoms with van der Waals surface area (Å²) in [5, 5.41) is 3.30. The van der Waals surface area contributed by atoms with E-state index in [9.17, 15) is 13.2 Å². The lowest BCUT2D eigenvalue weighted by Gasteiger charge is -2.35. The van der Waals surface area contributed by atoms with E-state index in [1.165, 1.54) is 6.07 Å². The van der Waals surface area contributed by atoms with E-state index >= 15 is 0 Å². The second-order valence-corrected chi connectivity index (χ2v) is 5.54. The van der Waals surface area contributed by atoms with Gasteiger partial charge in [-0.2, -0.15) is 13.2 Å². The Labute approximate surface area is 122 Å². The van der Waals surface area contributed by atoms with Gasteiger partial charge in [-0.15, -0.1) is 0 Å². The summed E-state index contributed by atoms with van der Waals surface area (Å²) in [6.07, 6.45) is -2.53. The van der Waals surface area contributed by atoms with E-state index in [2.05, 4.69) is 10.2 Å². The Balaban J connectivity index is 1.92. The number of ether oxygens (including phenoxy) is 1. The molecule has 0 radical (unpaired) electrons. The minimum absolute atomic E-state index is 0.159. The Morgan fingerprint density at radius 1 is 1.19 bits per heavy atom. The topological polar surface area (TPSA) is 24.5 Å². The molecule has 3 nitrogen and oxygen atoms in total. The number of piperazine rings is 1. The molecule has 1 atom stereocenters. The molecule has 1 unspecified atom stereocenters. The highest BCUT2D eigenvalue weighted by Crippen LogP contribution is 2.39. The van der Waals surface area contributed by atoms with Gasteiger partial charge in [0.2, 0.25) is 0 Å². The summed E-state index contributed by atoms with van der Waals surface area (Å²) in [4.78, 5) is 2.34. The molecule has 0 spiro atoms. The van der Waals surface area contributed by atoms with Crippen LogP contribution in [-0.2, 0) is 6.18 Å². The summed E-state index contributed by atoms with van der Waals surface area (Å²) in [7, 11) is 0. The van der Waals surface area contributed by atoms with Crippen molar-refractivity contribution in [1.29, 1.82) is 0 Å². The molecule has 2 heterocycles. The summed E-state index contributed by atoms with van der Waals surface area (Å²) >= 11 is 0. The first-order valence-corrected chi connectivity index (χ1v) is 7.34. The molecule has 1 aromatic rings. The summed E-state index contributed by atoms with van der Waals surface area (Å²) in [5.74, 6) is 0.394. The third-order valence-electron chi connectivity index (χ3n) is 4.17. The summed E-state index contributed by atoms with van der Waals surface area (Å²) in [6.45, 7) is 4.17. The number of halogens is 3. The number of nitrogens with one attached hydrogen (secondary N) is 1. The number of alkyl halides is 3. The van der Waals surface area contributed by atoms with Crippen molar-refractivity contribution in [3.63, 3.8) is 0 Å². The zero-order valence-electron chi connectivity index (χ0n) is 11.7. The highest BCUT2D eigenvalue weighted by molar-refractivity contribution is 5.41. The van der Waals surface area contributed by atoms with Crippen LogP contribution in [0.2, 0.25) is 0 Å². The van der Waals surface area contributed by atoms with Crippen molar-refractivity contribution in [2.75, 3.05) is 32.8 Å². The van der Waals surface area contributed by atoms with E-state index in [1.54, 1.807) is 6.07 Å². The van der Waals surface area contributed by atoms with Crippen LogP contribution in [0.5, 0.6) is 5.75 Å². The Hall–Kier alpha value is -1.27. The molecule has 1 saturated heterocycles. The molecule has 0 amide bonds. The van der Waals surface area contributed by atoms with Gasteiger partial charge in [0.1, 0.15) is 5.75 Å². The summed E-state index contributed by atoms with van der Waals surface area (Å²) in [5.41, 5.74) is 0.254. The molecule has 1 fully saturated rings. The lowest BCUT2D eigenvalue weighted by molar-refractivity contribution is -0.137. The van der Waals surface area contributed by atoms with Gasteiger partial charge in [-0.1, -0.05) is 6.07 Å². The van der Waals surface area contributed by atoms with Crippen LogP contribution in [-0.4, -0.2) is 37.7 Å². The smallest absolute Gasteiger partial charge is 0.416 e. The molecule has 0 aromatic heterocycles. The molecule has 2 aliphatic heterocycles. The number of rotatable bonds is 1. The van der Waals surface area contributed by atoms with Crippen LogP contribution in [0.15, 0.2) is 18.2 Å². The first-order chi connectivity index (χ1) is 10.1. The molecule has 6 heteroatoms. The van der Waals surface area contributed by atoms with E-state index in [0.717, 1.165) is 50.7 Å². The largest absolute Gasteiger partial charge is 0.493 e. The number of hydrogen-bond acceptors (Lipinski definition) is 3. The van der Waals surface area contributed by atoms with Crippen molar-refractivity contribution < 1.29 is 17.9 Å². The molecule has 0 bridgehead atoms. The van der Waals surface area contributed by atoms with Gasteiger partial charge in [0.15, 0.2) is 0 Å². The van der Waals surface area contributed by atoms with Gasteiger partial charge in [-0.05, 0) is 25.0 Å². The molecule has 2 aliphatic rings. The van der Waals surface area contributed by atoms with Crippen LogP contribution in [0.3, 0.4) is 0 Å². The van der Waals surface area contributed by atoms with Crippen LogP contribution < -0.4 is 10.1 Å². The quantitative estimate of drug-likeness (QED) is 0.863. The molecule has 3 rings (SSSR count). The predicted octanol–water partition coefficient (Wildman–Crippen LogP) is 2.82. The molecule has 1 N–H and O–H groups in total. The summed E-state index contributed by atoms with van der Waals surface area (Å²) < 4.78 is 44.1. The average molecular weight is 300 g/mol. The number of hydrogen-bond donors (Lipinski definition) is 1. The lowest BCUT2D eigenvalue weighted by atomic mass is 9.98. The first kappa shape index (κ1) is 14.7. The zero-order chi connectivity index (χ0) is 14.9. The van der Waals surface area contributed by atoms with Crippen LogP contribution in [0.4, 0.5) is 13.2 Å². The Kier molecular flexibility index (Phi) is 4.08. The SMILES string of the molecule is FC(F)(F)c1ccc2c(c1)OCCCC2N1CCNCC1. The van der Waals surface area contributed by atoms with Crippen LogP contribution in [0, 0.1) is 0 Å². The Morgan fingerprint density at radius 3 is 2.67 bits per heavy atom. The van der Waals surface area contributed by atoms with Gasteiger partial charge < -0.3 is 10.1 Å². The zero-order valence-corrected chi connectivity index (χ0v) is 11.7. The second kappa shape index (κ2) is 5.85. The van der Waals surface area contributed by atoms with Crippen molar-refractivity contribution in [3.8, 4) is 5.75 Å². The molecular formula is C15H19F3N2O. The van der Waals surface area contributed by atoms with Gasteiger partial charge in [-0.25, -0.2) is 0 Å². The maximum atomic E-state index is 12.8. The molecule has 0 aliphatic carbocycles. The summed E-state index contributed by atoms with van der Waals surface area (Å²) in [6, 6.07) is 4.07. The molecule has 116 valence electrons. The van der Waals surface area contributed by atoms with Gasteiger partial charge in [-0.3, -0.25) is 4.90 Å². The third-order valence-corrected chi connectivity index (χ3v) is 4.17. The average Bonchev–Trinajstić information content (AvgIpc) is 2.69. The lowest BCUT2D eigenvalue weighted by Crippen LogP contribution is -2.45. The van der Waals surface area contributed by atoms with E-state index in [4.69, 9.17) is 4.74 Å². The Bertz CT molecular complexity index is 498. The van der Waals surface area contributed by atoms with Gasteiger partial charge >= 0.3 is 6.18 Å². The minimum atomic E-state index is -4.32. The maximum absolute atomic E-state index is 12.8. The van der Waals surface area contributed by atoms with Crippen molar-refractivity contribution >= 4 is 0 Å². The van der Waals surface area contributed by atoms with Gasteiger partial charge in [0.05, 0.1) is 12.2 Å². The molecular weight excluding hydrogens is 281 g/mol. The van der Waals surface area contributed by atoms with E-state index < -0.39 is 11.7 Å². The van der Waals surface area contributed by atoms with E-state index in [0.29, 0.717) is 12.4 Å². The first-order valence-electron chi connectivity index (χ1n) is 7.34. The van der Waals surface area contributed by atoms with Crippen molar-refractivity contribution in [3.05, 3.63) is 29.3 Å². The normalized spacial score (nSPS) is 24.0. The van der Waals surface area contributed by atoms with Crippen LogP contribution in [0.1, 0.15) is 30.0 Å². The fraction of sp³-hybridized carbons (Fsp3) is 0.600. The Morgan fingerprint density at radius 2 is 1.95 bits per heavy atom. The standard InChI is InChI=1S/C15H19F3N2O/c16-15(17,18)11-3-4-12-13(20-7-5-19-6-8-20)2-1-9-21-14(12)10-11/h3-4,10,13,19H,1-2,5-9H2. The van der Waals surface area contributed by atoms with Gasteiger partial charge in [0.25, 0.3) is 0 Å². The number of nitrogens with zero attached hydrogens (tertiary/aromatic N) is 1. The monoisotopic (exact) mass is 300 g/mol. The van der Waals surface area contributed by atoms with Crippen molar-refractivity contribution in [2.24, 2.45) is 0 Å². The number of benzene rings is 1. The fourth-order valence-corrected chi connectivity index (χ4v) is 3.10. The van der Waals surface area contributed by atoms with Crippen LogP contribution >= 0.6 is 0 Å². The van der Waals surface area contributed by atoms with Crippen LogP contribution in [0.25, 0.3) is 0 Å². The van der Waals surface area contributed by atoms with Crippen molar-refractivity contribution in [2.45, 2.75) is 25.1 Å². The number of fused-ring (bicyclic) bond motifs is 1. The third kappa shape index (κ3) is 3.16. The molecule has 21 heavy (non-hydrogen) atoms. The molecule has 1 aromatic carbocycles.